The van der Waals surface area contributed by atoms with Crippen LogP contribution >= 0.6 is 0 Å². The maximum Gasteiger partial charge on any atom is 0.293 e. The molecule has 0 heterocycles. The van der Waals surface area contributed by atoms with E-state index in [0.717, 1.165) is 12.6 Å². The van der Waals surface area contributed by atoms with Crippen molar-refractivity contribution >= 4 is 19.0 Å². The molecule has 0 aliphatic carbocycles. The van der Waals surface area contributed by atoms with Crippen LogP contribution in [0.15, 0.2) is 0 Å². The fourth-order valence-electron chi connectivity index (χ4n) is 1.54. The quantitative estimate of drug-likeness (QED) is 0.521. The standard InChI is InChI=1S/C11H18O5/c1-11(15-2,6-4-8-13)10(16-9-14)5-3-7-12/h7-10H,3-6H2,1-2H3. The predicted octanol–water partition coefficient (Wildman–Crippen LogP) is 0.891. The Bertz CT molecular complexity index is 228. The zero-order chi connectivity index (χ0) is 12.4. The topological polar surface area (TPSA) is 69.7 Å². The Morgan fingerprint density at radius 1 is 1.19 bits per heavy atom. The molecule has 0 rings (SSSR count). The molecule has 2 unspecified atom stereocenters. The number of carbonyl (C=O) groups excluding carboxylic acids is 3. The van der Waals surface area contributed by atoms with Crippen molar-refractivity contribution in [1.82, 2.24) is 0 Å². The first-order chi connectivity index (χ1) is 7.64. The number of ether oxygens (including phenoxy) is 2. The van der Waals surface area contributed by atoms with E-state index in [1.54, 1.807) is 6.92 Å². The molecular formula is C11H18O5. The summed E-state index contributed by atoms with van der Waals surface area (Å²) < 4.78 is 10.2. The number of carbonyl (C=O) groups is 3. The average Bonchev–Trinajstić information content (AvgIpc) is 2.31. The summed E-state index contributed by atoms with van der Waals surface area (Å²) in [6.07, 6.45) is 2.49. The molecule has 0 N–H and O–H groups in total. The van der Waals surface area contributed by atoms with Gasteiger partial charge in [-0.3, -0.25) is 4.79 Å². The summed E-state index contributed by atoms with van der Waals surface area (Å²) in [5, 5.41) is 0. The Morgan fingerprint density at radius 2 is 1.81 bits per heavy atom. The van der Waals surface area contributed by atoms with Gasteiger partial charge in [-0.2, -0.15) is 0 Å². The minimum atomic E-state index is -0.731. The van der Waals surface area contributed by atoms with E-state index >= 15 is 0 Å². The number of hydrogen-bond acceptors (Lipinski definition) is 5. The number of methoxy groups -OCH3 is 1. The minimum absolute atomic E-state index is 0.290. The minimum Gasteiger partial charge on any atom is -0.462 e. The Labute approximate surface area is 95.1 Å². The smallest absolute Gasteiger partial charge is 0.293 e. The first kappa shape index (κ1) is 14.8. The van der Waals surface area contributed by atoms with Crippen LogP contribution in [0.25, 0.3) is 0 Å². The van der Waals surface area contributed by atoms with E-state index in [9.17, 15) is 14.4 Å². The van der Waals surface area contributed by atoms with E-state index in [-0.39, 0.29) is 0 Å². The second-order valence-electron chi connectivity index (χ2n) is 3.69. The van der Waals surface area contributed by atoms with Crippen molar-refractivity contribution in [2.75, 3.05) is 7.11 Å². The monoisotopic (exact) mass is 230 g/mol. The van der Waals surface area contributed by atoms with Gasteiger partial charge < -0.3 is 19.1 Å². The molecule has 0 aromatic carbocycles. The zero-order valence-corrected chi connectivity index (χ0v) is 9.68. The second kappa shape index (κ2) is 7.98. The van der Waals surface area contributed by atoms with Gasteiger partial charge in [0.15, 0.2) is 0 Å². The van der Waals surface area contributed by atoms with Gasteiger partial charge in [0, 0.05) is 20.0 Å². The van der Waals surface area contributed by atoms with Crippen molar-refractivity contribution in [3.05, 3.63) is 0 Å². The molecule has 0 saturated heterocycles. The molecule has 2 atom stereocenters. The van der Waals surface area contributed by atoms with Crippen LogP contribution in [-0.2, 0) is 23.9 Å². The molecule has 16 heavy (non-hydrogen) atoms. The molecule has 92 valence electrons. The first-order valence-electron chi connectivity index (χ1n) is 5.16. The molecule has 0 fully saturated rings. The molecule has 0 aromatic heterocycles. The average molecular weight is 230 g/mol. The molecule has 0 saturated carbocycles. The molecule has 0 bridgehead atoms. The van der Waals surface area contributed by atoms with Gasteiger partial charge in [-0.15, -0.1) is 0 Å². The fourth-order valence-corrected chi connectivity index (χ4v) is 1.54. The summed E-state index contributed by atoms with van der Waals surface area (Å²) in [5.41, 5.74) is -0.731. The first-order valence-corrected chi connectivity index (χ1v) is 5.16. The van der Waals surface area contributed by atoms with Gasteiger partial charge >= 0.3 is 0 Å². The summed E-state index contributed by atoms with van der Waals surface area (Å²) in [4.78, 5) is 31.0. The summed E-state index contributed by atoms with van der Waals surface area (Å²) >= 11 is 0. The SMILES string of the molecule is COC(C)(CCC=O)C(CCC=O)OC=O. The highest BCUT2D eigenvalue weighted by molar-refractivity contribution is 5.50. The fraction of sp³-hybridized carbons (Fsp3) is 0.727. The van der Waals surface area contributed by atoms with Crippen LogP contribution in [-0.4, -0.2) is 37.9 Å². The third-order valence-electron chi connectivity index (χ3n) is 2.67. The van der Waals surface area contributed by atoms with Crippen molar-refractivity contribution < 1.29 is 23.9 Å². The maximum atomic E-state index is 10.4. The van der Waals surface area contributed by atoms with E-state index < -0.39 is 11.7 Å². The third-order valence-corrected chi connectivity index (χ3v) is 2.67. The van der Waals surface area contributed by atoms with Crippen LogP contribution in [0, 0.1) is 0 Å². The molecule has 5 heteroatoms. The molecular weight excluding hydrogens is 212 g/mol. The molecule has 0 radical (unpaired) electrons. The third kappa shape index (κ3) is 4.53. The van der Waals surface area contributed by atoms with Gasteiger partial charge in [0.25, 0.3) is 6.47 Å². The van der Waals surface area contributed by atoms with Crippen molar-refractivity contribution in [3.63, 3.8) is 0 Å². The molecule has 0 aromatic rings. The summed E-state index contributed by atoms with van der Waals surface area (Å²) in [7, 11) is 1.49. The van der Waals surface area contributed by atoms with E-state index in [0.29, 0.717) is 32.2 Å². The lowest BCUT2D eigenvalue weighted by Gasteiger charge is -2.34. The maximum absolute atomic E-state index is 10.4. The second-order valence-corrected chi connectivity index (χ2v) is 3.69. The largest absolute Gasteiger partial charge is 0.462 e. The number of aldehydes is 2. The Hall–Kier alpha value is -1.23. The lowest BCUT2D eigenvalue weighted by molar-refractivity contribution is -0.156. The van der Waals surface area contributed by atoms with Gasteiger partial charge in [-0.25, -0.2) is 0 Å². The summed E-state index contributed by atoms with van der Waals surface area (Å²) in [6.45, 7) is 2.10. The Balaban J connectivity index is 4.56. The highest BCUT2D eigenvalue weighted by atomic mass is 16.6. The van der Waals surface area contributed by atoms with E-state index in [1.165, 1.54) is 7.11 Å². The summed E-state index contributed by atoms with van der Waals surface area (Å²) in [5.74, 6) is 0. The zero-order valence-electron chi connectivity index (χ0n) is 9.68. The van der Waals surface area contributed by atoms with Gasteiger partial charge in [0.2, 0.25) is 0 Å². The van der Waals surface area contributed by atoms with E-state index in [4.69, 9.17) is 9.47 Å². The Morgan fingerprint density at radius 3 is 2.25 bits per heavy atom. The lowest BCUT2D eigenvalue weighted by atomic mass is 9.90. The van der Waals surface area contributed by atoms with Crippen molar-refractivity contribution in [3.8, 4) is 0 Å². The Kier molecular flexibility index (Phi) is 7.37. The van der Waals surface area contributed by atoms with Crippen LogP contribution in [0.5, 0.6) is 0 Å². The van der Waals surface area contributed by atoms with Crippen LogP contribution in [0.1, 0.15) is 32.6 Å². The van der Waals surface area contributed by atoms with Crippen LogP contribution < -0.4 is 0 Å². The van der Waals surface area contributed by atoms with Crippen LogP contribution in [0.4, 0.5) is 0 Å². The molecule has 0 amide bonds. The van der Waals surface area contributed by atoms with Crippen molar-refractivity contribution in [2.45, 2.75) is 44.3 Å². The normalized spacial score (nSPS) is 15.9. The van der Waals surface area contributed by atoms with E-state index in [2.05, 4.69) is 0 Å². The van der Waals surface area contributed by atoms with Crippen LogP contribution in [0.2, 0.25) is 0 Å². The predicted molar refractivity (Wildman–Crippen MR) is 56.9 cm³/mol. The number of hydrogen-bond donors (Lipinski definition) is 0. The van der Waals surface area contributed by atoms with Gasteiger partial charge in [-0.05, 0) is 19.8 Å². The van der Waals surface area contributed by atoms with E-state index in [1.807, 2.05) is 0 Å². The van der Waals surface area contributed by atoms with Gasteiger partial charge in [-0.1, -0.05) is 0 Å². The number of rotatable bonds is 10. The van der Waals surface area contributed by atoms with Crippen molar-refractivity contribution in [2.24, 2.45) is 0 Å². The molecule has 0 spiro atoms. The molecule has 5 nitrogen and oxygen atoms in total. The van der Waals surface area contributed by atoms with Crippen molar-refractivity contribution in [1.29, 1.82) is 0 Å². The van der Waals surface area contributed by atoms with Crippen LogP contribution in [0.3, 0.4) is 0 Å². The highest BCUT2D eigenvalue weighted by Crippen LogP contribution is 2.26. The summed E-state index contributed by atoms with van der Waals surface area (Å²) in [6, 6.07) is 0. The molecule has 0 aliphatic heterocycles. The lowest BCUT2D eigenvalue weighted by Crippen LogP contribution is -2.43. The molecule has 0 aliphatic rings. The highest BCUT2D eigenvalue weighted by Gasteiger charge is 2.35. The van der Waals surface area contributed by atoms with Gasteiger partial charge in [0.1, 0.15) is 24.3 Å². The van der Waals surface area contributed by atoms with Gasteiger partial charge in [0.05, 0.1) is 0 Å².